The van der Waals surface area contributed by atoms with Crippen LogP contribution in [0.5, 0.6) is 0 Å². The van der Waals surface area contributed by atoms with Crippen molar-refractivity contribution in [3.8, 4) is 5.69 Å². The molecule has 0 radical (unpaired) electrons. The molecule has 1 N–H and O–H groups in total. The molecular formula is C17H21Cl2N3. The molecule has 118 valence electrons. The number of nitrogens with zero attached hydrogens (tertiary/aromatic N) is 2. The molecule has 0 unspecified atom stereocenters. The topological polar surface area (TPSA) is 29.9 Å². The third kappa shape index (κ3) is 3.11. The van der Waals surface area contributed by atoms with Crippen LogP contribution in [0.15, 0.2) is 18.2 Å². The molecule has 3 nitrogen and oxygen atoms in total. The highest BCUT2D eigenvalue weighted by Gasteiger charge is 2.22. The number of hydrogen-bond acceptors (Lipinski definition) is 2. The number of anilines is 1. The van der Waals surface area contributed by atoms with Crippen molar-refractivity contribution >= 4 is 29.0 Å². The Morgan fingerprint density at radius 2 is 2.09 bits per heavy atom. The Balaban J connectivity index is 2.12. The van der Waals surface area contributed by atoms with Crippen LogP contribution in [0.25, 0.3) is 5.69 Å². The Labute approximate surface area is 141 Å². The molecule has 0 atom stereocenters. The maximum absolute atomic E-state index is 6.39. The normalized spacial score (nSPS) is 14.6. The lowest BCUT2D eigenvalue weighted by Crippen LogP contribution is -2.07. The van der Waals surface area contributed by atoms with Crippen molar-refractivity contribution in [2.75, 3.05) is 11.9 Å². The molecule has 1 aromatic carbocycles. The van der Waals surface area contributed by atoms with Gasteiger partial charge in [-0.1, -0.05) is 37.0 Å². The van der Waals surface area contributed by atoms with E-state index in [0.29, 0.717) is 16.0 Å². The van der Waals surface area contributed by atoms with Crippen LogP contribution in [0.4, 0.5) is 5.82 Å². The number of hydrogen-bond donors (Lipinski definition) is 1. The zero-order valence-corrected chi connectivity index (χ0v) is 14.5. The molecule has 1 aromatic heterocycles. The molecule has 0 bridgehead atoms. The number of fused-ring (bicyclic) bond motifs is 1. The van der Waals surface area contributed by atoms with Gasteiger partial charge >= 0.3 is 0 Å². The van der Waals surface area contributed by atoms with Crippen molar-refractivity contribution in [3.63, 3.8) is 0 Å². The summed E-state index contributed by atoms with van der Waals surface area (Å²) in [6.07, 6.45) is 4.45. The van der Waals surface area contributed by atoms with E-state index in [4.69, 9.17) is 28.3 Å². The van der Waals surface area contributed by atoms with Gasteiger partial charge in [0.1, 0.15) is 5.82 Å². The minimum atomic E-state index is 0.580. The lowest BCUT2D eigenvalue weighted by atomic mass is 10.0. The zero-order valence-electron chi connectivity index (χ0n) is 13.0. The molecule has 1 aliphatic heterocycles. The second kappa shape index (κ2) is 6.51. The van der Waals surface area contributed by atoms with Gasteiger partial charge in [0.25, 0.3) is 0 Å². The van der Waals surface area contributed by atoms with Gasteiger partial charge < -0.3 is 5.32 Å². The van der Waals surface area contributed by atoms with Gasteiger partial charge in [0, 0.05) is 17.1 Å². The number of halogens is 2. The molecule has 3 rings (SSSR count). The largest absolute Gasteiger partial charge is 0.370 e. The maximum atomic E-state index is 6.39. The zero-order chi connectivity index (χ0) is 15.7. The summed E-state index contributed by atoms with van der Waals surface area (Å²) in [4.78, 5) is 0. The van der Waals surface area contributed by atoms with Gasteiger partial charge in [-0.25, -0.2) is 4.68 Å². The molecule has 0 spiro atoms. The first kappa shape index (κ1) is 15.7. The highest BCUT2D eigenvalue weighted by Crippen LogP contribution is 2.32. The van der Waals surface area contributed by atoms with E-state index < -0.39 is 0 Å². The van der Waals surface area contributed by atoms with E-state index in [2.05, 4.69) is 19.2 Å². The van der Waals surface area contributed by atoms with Crippen LogP contribution in [-0.4, -0.2) is 16.3 Å². The Morgan fingerprint density at radius 3 is 2.82 bits per heavy atom. The molecule has 0 saturated carbocycles. The predicted octanol–water partition coefficient (Wildman–Crippen LogP) is 5.13. The molecule has 0 fully saturated rings. The third-order valence-electron chi connectivity index (χ3n) is 3.95. The third-order valence-corrected chi connectivity index (χ3v) is 4.49. The fourth-order valence-corrected chi connectivity index (χ4v) is 3.44. The van der Waals surface area contributed by atoms with Gasteiger partial charge in [-0.05, 0) is 49.8 Å². The molecule has 1 aliphatic rings. The summed E-state index contributed by atoms with van der Waals surface area (Å²) in [5, 5.41) is 9.66. The van der Waals surface area contributed by atoms with Gasteiger partial charge in [0.05, 0.1) is 16.4 Å². The smallest absolute Gasteiger partial charge is 0.133 e. The number of aromatic nitrogens is 2. The van der Waals surface area contributed by atoms with Crippen LogP contribution in [-0.2, 0) is 12.8 Å². The summed E-state index contributed by atoms with van der Waals surface area (Å²) >= 11 is 12.4. The molecule has 0 amide bonds. The van der Waals surface area contributed by atoms with E-state index in [1.54, 1.807) is 6.07 Å². The SMILES string of the molecule is CC(C)Cc1nn(-c2ccc(Cl)cc2Cl)c2c1CCCCN2. The minimum absolute atomic E-state index is 0.580. The highest BCUT2D eigenvalue weighted by atomic mass is 35.5. The molecule has 2 aromatic rings. The van der Waals surface area contributed by atoms with Gasteiger partial charge in [-0.15, -0.1) is 0 Å². The van der Waals surface area contributed by atoms with E-state index in [9.17, 15) is 0 Å². The molecule has 2 heterocycles. The molecule has 5 heteroatoms. The molecule has 0 aliphatic carbocycles. The number of nitrogens with one attached hydrogen (secondary N) is 1. The number of benzene rings is 1. The van der Waals surface area contributed by atoms with Crippen molar-refractivity contribution in [1.29, 1.82) is 0 Å². The minimum Gasteiger partial charge on any atom is -0.370 e. The van der Waals surface area contributed by atoms with Crippen LogP contribution in [0.3, 0.4) is 0 Å². The molecule has 0 saturated heterocycles. The molecular weight excluding hydrogens is 317 g/mol. The van der Waals surface area contributed by atoms with Crippen LogP contribution in [0.1, 0.15) is 37.9 Å². The van der Waals surface area contributed by atoms with E-state index >= 15 is 0 Å². The quantitative estimate of drug-likeness (QED) is 0.841. The van der Waals surface area contributed by atoms with Crippen molar-refractivity contribution in [2.45, 2.75) is 39.5 Å². The van der Waals surface area contributed by atoms with Gasteiger partial charge in [0.2, 0.25) is 0 Å². The highest BCUT2D eigenvalue weighted by molar-refractivity contribution is 6.35. The van der Waals surface area contributed by atoms with Gasteiger partial charge in [-0.3, -0.25) is 0 Å². The van der Waals surface area contributed by atoms with Crippen molar-refractivity contribution < 1.29 is 0 Å². The summed E-state index contributed by atoms with van der Waals surface area (Å²) in [5.74, 6) is 1.67. The monoisotopic (exact) mass is 337 g/mol. The molecule has 22 heavy (non-hydrogen) atoms. The summed E-state index contributed by atoms with van der Waals surface area (Å²) < 4.78 is 1.96. The van der Waals surface area contributed by atoms with Crippen LogP contribution < -0.4 is 5.32 Å². The fourth-order valence-electron chi connectivity index (χ4n) is 2.95. The first-order valence-corrected chi connectivity index (χ1v) is 8.62. The number of rotatable bonds is 3. The predicted molar refractivity (Wildman–Crippen MR) is 93.6 cm³/mol. The summed E-state index contributed by atoms with van der Waals surface area (Å²) in [5.41, 5.74) is 3.41. The van der Waals surface area contributed by atoms with Crippen LogP contribution in [0, 0.1) is 5.92 Å². The first-order chi connectivity index (χ1) is 10.6. The van der Waals surface area contributed by atoms with E-state index in [1.165, 1.54) is 24.1 Å². The standard InChI is InChI=1S/C17H21Cl2N3/c1-11(2)9-15-13-5-3-4-8-20-17(13)22(21-15)16-7-6-12(18)10-14(16)19/h6-7,10-11,20H,3-5,8-9H2,1-2H3. The van der Waals surface area contributed by atoms with Crippen LogP contribution >= 0.6 is 23.2 Å². The second-order valence-corrected chi connectivity index (χ2v) is 7.11. The van der Waals surface area contributed by atoms with E-state index in [1.807, 2.05) is 16.8 Å². The summed E-state index contributed by atoms with van der Waals surface area (Å²) in [6, 6.07) is 5.56. The van der Waals surface area contributed by atoms with Gasteiger partial charge in [0.15, 0.2) is 0 Å². The Kier molecular flexibility index (Phi) is 4.65. The van der Waals surface area contributed by atoms with Crippen molar-refractivity contribution in [3.05, 3.63) is 39.5 Å². The lowest BCUT2D eigenvalue weighted by Gasteiger charge is -2.11. The lowest BCUT2D eigenvalue weighted by molar-refractivity contribution is 0.622. The first-order valence-electron chi connectivity index (χ1n) is 7.86. The van der Waals surface area contributed by atoms with E-state index in [0.717, 1.165) is 30.9 Å². The summed E-state index contributed by atoms with van der Waals surface area (Å²) in [6.45, 7) is 5.43. The van der Waals surface area contributed by atoms with Crippen molar-refractivity contribution in [2.24, 2.45) is 5.92 Å². The van der Waals surface area contributed by atoms with Crippen LogP contribution in [0.2, 0.25) is 10.0 Å². The maximum Gasteiger partial charge on any atom is 0.133 e. The Hall–Kier alpha value is -1.19. The fraction of sp³-hybridized carbons (Fsp3) is 0.471. The average molecular weight is 338 g/mol. The Bertz CT molecular complexity index is 677. The average Bonchev–Trinajstić information content (AvgIpc) is 2.63. The van der Waals surface area contributed by atoms with Gasteiger partial charge in [-0.2, -0.15) is 5.10 Å². The van der Waals surface area contributed by atoms with Crippen molar-refractivity contribution in [1.82, 2.24) is 9.78 Å². The second-order valence-electron chi connectivity index (χ2n) is 6.26. The Morgan fingerprint density at radius 1 is 1.27 bits per heavy atom. The summed E-state index contributed by atoms with van der Waals surface area (Å²) in [7, 11) is 0. The van der Waals surface area contributed by atoms with E-state index in [-0.39, 0.29) is 0 Å².